The highest BCUT2D eigenvalue weighted by Gasteiger charge is 2.40. The van der Waals surface area contributed by atoms with Gasteiger partial charge in [0, 0.05) is 22.0 Å². The van der Waals surface area contributed by atoms with E-state index < -0.39 is 11.4 Å². The van der Waals surface area contributed by atoms with E-state index in [0.717, 1.165) is 12.8 Å². The summed E-state index contributed by atoms with van der Waals surface area (Å²) in [5.41, 5.74) is -0.534. The molecule has 1 aliphatic carbocycles. The van der Waals surface area contributed by atoms with Gasteiger partial charge >= 0.3 is 0 Å². The maximum atomic E-state index is 14.3. The number of halogens is 3. The van der Waals surface area contributed by atoms with Crippen molar-refractivity contribution in [1.29, 1.82) is 0 Å². The van der Waals surface area contributed by atoms with Crippen LogP contribution in [0.5, 0.6) is 0 Å². The summed E-state index contributed by atoms with van der Waals surface area (Å²) >= 11 is 9.08. The van der Waals surface area contributed by atoms with Crippen LogP contribution in [0.2, 0.25) is 5.02 Å². The molecule has 5 heteroatoms. The van der Waals surface area contributed by atoms with E-state index in [1.165, 1.54) is 6.26 Å². The summed E-state index contributed by atoms with van der Waals surface area (Å²) in [6, 6.07) is 4.91. The van der Waals surface area contributed by atoms with E-state index in [-0.39, 0.29) is 10.6 Å². The van der Waals surface area contributed by atoms with Gasteiger partial charge in [-0.2, -0.15) is 0 Å². The van der Waals surface area contributed by atoms with Crippen molar-refractivity contribution in [2.75, 3.05) is 0 Å². The molecule has 0 saturated carbocycles. The molecule has 0 amide bonds. The molecule has 0 spiro atoms. The SMILES string of the molecule is OC1(c2ccc(Br)c(Cl)c2F)CCCc2occc21. The maximum Gasteiger partial charge on any atom is 0.149 e. The van der Waals surface area contributed by atoms with Crippen molar-refractivity contribution in [3.8, 4) is 0 Å². The van der Waals surface area contributed by atoms with Crippen molar-refractivity contribution in [1.82, 2.24) is 0 Å². The number of aliphatic hydroxyl groups is 1. The van der Waals surface area contributed by atoms with E-state index in [1.54, 1.807) is 18.2 Å². The molecule has 0 saturated heterocycles. The fourth-order valence-corrected chi connectivity index (χ4v) is 3.14. The lowest BCUT2D eigenvalue weighted by Crippen LogP contribution is -2.32. The van der Waals surface area contributed by atoms with Gasteiger partial charge in [-0.3, -0.25) is 0 Å². The number of hydrogen-bond acceptors (Lipinski definition) is 2. The monoisotopic (exact) mass is 344 g/mol. The molecule has 2 nitrogen and oxygen atoms in total. The Labute approximate surface area is 123 Å². The fraction of sp³-hybridized carbons (Fsp3) is 0.286. The third kappa shape index (κ3) is 1.93. The van der Waals surface area contributed by atoms with Crippen molar-refractivity contribution < 1.29 is 13.9 Å². The molecule has 100 valence electrons. The molecule has 0 fully saturated rings. The van der Waals surface area contributed by atoms with E-state index in [2.05, 4.69) is 15.9 Å². The predicted molar refractivity (Wildman–Crippen MR) is 73.8 cm³/mol. The van der Waals surface area contributed by atoms with Crippen LogP contribution in [0.3, 0.4) is 0 Å². The second-order valence-corrected chi connectivity index (χ2v) is 5.93. The Hall–Kier alpha value is -0.840. The van der Waals surface area contributed by atoms with Gasteiger partial charge in [-0.15, -0.1) is 0 Å². The normalized spacial score (nSPS) is 22.3. The van der Waals surface area contributed by atoms with Crippen LogP contribution in [0.4, 0.5) is 4.39 Å². The van der Waals surface area contributed by atoms with E-state index >= 15 is 0 Å². The van der Waals surface area contributed by atoms with Crippen molar-refractivity contribution in [2.45, 2.75) is 24.9 Å². The Kier molecular flexibility index (Phi) is 3.20. The van der Waals surface area contributed by atoms with Crippen LogP contribution >= 0.6 is 27.5 Å². The van der Waals surface area contributed by atoms with Crippen LogP contribution in [0.25, 0.3) is 0 Å². The first-order valence-corrected chi connectivity index (χ1v) is 7.14. The van der Waals surface area contributed by atoms with Gasteiger partial charge in [-0.05, 0) is 40.9 Å². The second kappa shape index (κ2) is 4.62. The zero-order valence-corrected chi connectivity index (χ0v) is 12.3. The molecule has 1 atom stereocenters. The zero-order chi connectivity index (χ0) is 13.6. The molecule has 0 aliphatic heterocycles. The highest BCUT2D eigenvalue weighted by Crippen LogP contribution is 2.43. The summed E-state index contributed by atoms with van der Waals surface area (Å²) in [5, 5.41) is 10.9. The first-order chi connectivity index (χ1) is 9.04. The van der Waals surface area contributed by atoms with Crippen molar-refractivity contribution in [2.24, 2.45) is 0 Å². The molecule has 3 rings (SSSR count). The third-order valence-electron chi connectivity index (χ3n) is 3.61. The zero-order valence-electron chi connectivity index (χ0n) is 9.92. The van der Waals surface area contributed by atoms with Crippen LogP contribution in [-0.2, 0) is 12.0 Å². The minimum absolute atomic E-state index is 0.0125. The molecule has 1 aromatic carbocycles. The van der Waals surface area contributed by atoms with E-state index in [9.17, 15) is 9.50 Å². The molecule has 19 heavy (non-hydrogen) atoms. The highest BCUT2D eigenvalue weighted by atomic mass is 79.9. The van der Waals surface area contributed by atoms with Crippen LogP contribution < -0.4 is 0 Å². The van der Waals surface area contributed by atoms with Gasteiger partial charge in [-0.25, -0.2) is 4.39 Å². The quantitative estimate of drug-likeness (QED) is 0.777. The molecule has 2 aromatic rings. The topological polar surface area (TPSA) is 33.4 Å². The summed E-state index contributed by atoms with van der Waals surface area (Å²) in [7, 11) is 0. The van der Waals surface area contributed by atoms with E-state index in [4.69, 9.17) is 16.0 Å². The second-order valence-electron chi connectivity index (χ2n) is 4.69. The smallest absolute Gasteiger partial charge is 0.149 e. The number of benzene rings is 1. The van der Waals surface area contributed by atoms with Gasteiger partial charge in [-0.1, -0.05) is 17.7 Å². The average molecular weight is 346 g/mol. The number of aryl methyl sites for hydroxylation is 1. The number of rotatable bonds is 1. The van der Waals surface area contributed by atoms with Gasteiger partial charge in [0.05, 0.1) is 11.3 Å². The summed E-state index contributed by atoms with van der Waals surface area (Å²) in [6.07, 6.45) is 3.48. The molecule has 1 unspecified atom stereocenters. The molecule has 1 heterocycles. The molecular formula is C14H11BrClFO2. The van der Waals surface area contributed by atoms with Gasteiger partial charge in [0.25, 0.3) is 0 Å². The Morgan fingerprint density at radius 3 is 2.89 bits per heavy atom. The minimum Gasteiger partial charge on any atom is -0.469 e. The van der Waals surface area contributed by atoms with Crippen LogP contribution in [0.15, 0.2) is 33.4 Å². The van der Waals surface area contributed by atoms with Crippen molar-refractivity contribution >= 4 is 27.5 Å². The van der Waals surface area contributed by atoms with Crippen LogP contribution in [0, 0.1) is 5.82 Å². The lowest BCUT2D eigenvalue weighted by Gasteiger charge is -2.32. The molecule has 0 bridgehead atoms. The van der Waals surface area contributed by atoms with E-state index in [0.29, 0.717) is 22.2 Å². The standard InChI is InChI=1S/C14H11BrClFO2/c15-10-4-3-9(13(17)12(10)16)14(18)6-1-2-11-8(14)5-7-19-11/h3-5,7,18H,1-2,6H2. The highest BCUT2D eigenvalue weighted by molar-refractivity contribution is 9.10. The van der Waals surface area contributed by atoms with E-state index in [1.807, 2.05) is 0 Å². The summed E-state index contributed by atoms with van der Waals surface area (Å²) in [6.45, 7) is 0. The van der Waals surface area contributed by atoms with Gasteiger partial charge in [0.2, 0.25) is 0 Å². The number of fused-ring (bicyclic) bond motifs is 1. The summed E-state index contributed by atoms with van der Waals surface area (Å²) in [5.74, 6) is 0.125. The fourth-order valence-electron chi connectivity index (χ4n) is 2.67. The Morgan fingerprint density at radius 2 is 2.11 bits per heavy atom. The van der Waals surface area contributed by atoms with Gasteiger partial charge < -0.3 is 9.52 Å². The third-order valence-corrected chi connectivity index (χ3v) is 4.87. The van der Waals surface area contributed by atoms with Crippen molar-refractivity contribution in [3.05, 3.63) is 56.7 Å². The van der Waals surface area contributed by atoms with Gasteiger partial charge in [0.1, 0.15) is 17.2 Å². The Balaban J connectivity index is 2.21. The molecule has 1 aliphatic rings. The van der Waals surface area contributed by atoms with Crippen LogP contribution in [0.1, 0.15) is 29.7 Å². The molecule has 1 N–H and O–H groups in total. The van der Waals surface area contributed by atoms with Gasteiger partial charge in [0.15, 0.2) is 0 Å². The number of hydrogen-bond donors (Lipinski definition) is 1. The molecular weight excluding hydrogens is 335 g/mol. The lowest BCUT2D eigenvalue weighted by atomic mass is 9.78. The Morgan fingerprint density at radius 1 is 1.32 bits per heavy atom. The summed E-state index contributed by atoms with van der Waals surface area (Å²) < 4.78 is 20.2. The summed E-state index contributed by atoms with van der Waals surface area (Å²) in [4.78, 5) is 0. The Bertz CT molecular complexity index is 640. The molecule has 1 aromatic heterocycles. The first-order valence-electron chi connectivity index (χ1n) is 5.97. The molecule has 0 radical (unpaired) electrons. The van der Waals surface area contributed by atoms with Crippen LogP contribution in [-0.4, -0.2) is 5.11 Å². The average Bonchev–Trinajstić information content (AvgIpc) is 2.86. The predicted octanol–water partition coefficient (Wildman–Crippen LogP) is 4.41. The minimum atomic E-state index is -1.37. The maximum absolute atomic E-state index is 14.3. The first kappa shape index (κ1) is 13.2. The van der Waals surface area contributed by atoms with Crippen molar-refractivity contribution in [3.63, 3.8) is 0 Å². The lowest BCUT2D eigenvalue weighted by molar-refractivity contribution is 0.0553. The number of furan rings is 1. The largest absolute Gasteiger partial charge is 0.469 e.